The Morgan fingerprint density at radius 2 is 2.31 bits per heavy atom. The van der Waals surface area contributed by atoms with Crippen LogP contribution in [-0.2, 0) is 6.42 Å². The normalized spacial score (nSPS) is 12.5. The number of aliphatic hydroxyl groups excluding tert-OH is 1. The van der Waals surface area contributed by atoms with Crippen LogP contribution < -0.4 is 0 Å². The van der Waals surface area contributed by atoms with E-state index >= 15 is 0 Å². The fraction of sp³-hybridized carbons (Fsp3) is 0.700. The first-order valence-corrected chi connectivity index (χ1v) is 5.39. The minimum absolute atomic E-state index is 0.159. The maximum atomic E-state index is 11.8. The molecule has 1 aromatic heterocycles. The highest BCUT2D eigenvalue weighted by Gasteiger charge is 2.17. The summed E-state index contributed by atoms with van der Waals surface area (Å²) in [6.45, 7) is 3.93. The summed E-state index contributed by atoms with van der Waals surface area (Å²) in [5.74, 6) is 0.599. The lowest BCUT2D eigenvalue weighted by Crippen LogP contribution is -2.33. The summed E-state index contributed by atoms with van der Waals surface area (Å²) in [7, 11) is 1.62. The number of likely N-dealkylation sites (N-methyl/N-ethyl adjacent to an activating group) is 1. The van der Waals surface area contributed by atoms with Crippen molar-refractivity contribution in [2.75, 3.05) is 13.6 Å². The van der Waals surface area contributed by atoms with E-state index in [-0.39, 0.29) is 18.3 Å². The van der Waals surface area contributed by atoms with Crippen molar-refractivity contribution < 1.29 is 9.90 Å². The monoisotopic (exact) mass is 226 g/mol. The number of hydrogen-bond acceptors (Lipinski definition) is 4. The highest BCUT2D eigenvalue weighted by atomic mass is 16.3. The largest absolute Gasteiger partial charge is 0.392 e. The van der Waals surface area contributed by atoms with Crippen molar-refractivity contribution in [1.82, 2.24) is 20.1 Å². The maximum absolute atomic E-state index is 11.8. The number of nitrogens with one attached hydrogen (secondary N) is 1. The van der Waals surface area contributed by atoms with Gasteiger partial charge >= 0.3 is 0 Å². The summed E-state index contributed by atoms with van der Waals surface area (Å²) in [6.07, 6.45) is 1.18. The summed E-state index contributed by atoms with van der Waals surface area (Å²) in [5.41, 5.74) is 0. The van der Waals surface area contributed by atoms with Gasteiger partial charge in [-0.1, -0.05) is 6.92 Å². The number of aromatic amines is 1. The molecule has 0 aliphatic rings. The lowest BCUT2D eigenvalue weighted by Gasteiger charge is -2.16. The van der Waals surface area contributed by atoms with E-state index in [0.717, 1.165) is 18.7 Å². The third-order valence-electron chi connectivity index (χ3n) is 2.09. The molecule has 1 aromatic rings. The molecule has 0 bridgehead atoms. The van der Waals surface area contributed by atoms with E-state index in [0.29, 0.717) is 0 Å². The fourth-order valence-corrected chi connectivity index (χ4v) is 1.39. The Bertz CT molecular complexity index is 348. The fourth-order valence-electron chi connectivity index (χ4n) is 1.39. The van der Waals surface area contributed by atoms with Crippen molar-refractivity contribution >= 4 is 5.91 Å². The molecule has 1 atom stereocenters. The van der Waals surface area contributed by atoms with Crippen molar-refractivity contribution in [3.8, 4) is 0 Å². The van der Waals surface area contributed by atoms with Crippen LogP contribution in [0.25, 0.3) is 0 Å². The van der Waals surface area contributed by atoms with Crippen molar-refractivity contribution in [3.63, 3.8) is 0 Å². The number of hydrogen-bond donors (Lipinski definition) is 2. The summed E-state index contributed by atoms with van der Waals surface area (Å²) in [4.78, 5) is 17.3. The topological polar surface area (TPSA) is 82.1 Å². The minimum Gasteiger partial charge on any atom is -0.392 e. The molecule has 0 radical (unpaired) electrons. The maximum Gasteiger partial charge on any atom is 0.293 e. The molecule has 0 aliphatic heterocycles. The Labute approximate surface area is 94.7 Å². The lowest BCUT2D eigenvalue weighted by molar-refractivity contribution is 0.0692. The molecule has 6 nitrogen and oxygen atoms in total. The van der Waals surface area contributed by atoms with Gasteiger partial charge in [0, 0.05) is 20.0 Å². The molecule has 90 valence electrons. The molecular formula is C10H18N4O2. The minimum atomic E-state index is -0.553. The summed E-state index contributed by atoms with van der Waals surface area (Å²) in [6, 6.07) is 0. The van der Waals surface area contributed by atoms with E-state index in [9.17, 15) is 4.79 Å². The van der Waals surface area contributed by atoms with E-state index in [1.54, 1.807) is 14.0 Å². The molecule has 0 aromatic carbocycles. The van der Waals surface area contributed by atoms with Crippen molar-refractivity contribution in [2.24, 2.45) is 0 Å². The first-order valence-electron chi connectivity index (χ1n) is 5.39. The smallest absolute Gasteiger partial charge is 0.293 e. The molecular weight excluding hydrogens is 208 g/mol. The average Bonchev–Trinajstić information content (AvgIpc) is 2.64. The quantitative estimate of drug-likeness (QED) is 0.752. The van der Waals surface area contributed by atoms with Crippen molar-refractivity contribution in [1.29, 1.82) is 0 Å². The SMILES string of the molecule is CCCc1nc(C(=O)N(C)CC(C)O)n[nH]1. The van der Waals surface area contributed by atoms with Gasteiger partial charge in [0.1, 0.15) is 5.82 Å². The first kappa shape index (κ1) is 12.6. The zero-order valence-electron chi connectivity index (χ0n) is 9.90. The molecule has 0 spiro atoms. The number of carbonyl (C=O) groups excluding carboxylic acids is 1. The average molecular weight is 226 g/mol. The Hall–Kier alpha value is -1.43. The van der Waals surface area contributed by atoms with E-state index in [2.05, 4.69) is 15.2 Å². The number of aryl methyl sites for hydroxylation is 1. The van der Waals surface area contributed by atoms with Crippen LogP contribution in [0.4, 0.5) is 0 Å². The zero-order valence-corrected chi connectivity index (χ0v) is 9.90. The highest BCUT2D eigenvalue weighted by molar-refractivity contribution is 5.90. The first-order chi connectivity index (χ1) is 7.54. The van der Waals surface area contributed by atoms with Crippen LogP contribution in [0, 0.1) is 0 Å². The molecule has 16 heavy (non-hydrogen) atoms. The van der Waals surface area contributed by atoms with Gasteiger partial charge in [0.25, 0.3) is 5.91 Å². The van der Waals surface area contributed by atoms with Gasteiger partial charge in [0.05, 0.1) is 6.10 Å². The van der Waals surface area contributed by atoms with E-state index < -0.39 is 6.10 Å². The number of carbonyl (C=O) groups is 1. The molecule has 0 saturated heterocycles. The molecule has 0 fully saturated rings. The highest BCUT2D eigenvalue weighted by Crippen LogP contribution is 2.00. The van der Waals surface area contributed by atoms with Crippen LogP contribution in [0.3, 0.4) is 0 Å². The van der Waals surface area contributed by atoms with Crippen LogP contribution in [0.2, 0.25) is 0 Å². The lowest BCUT2D eigenvalue weighted by atomic mass is 10.3. The second kappa shape index (κ2) is 5.60. The third kappa shape index (κ3) is 3.30. The molecule has 6 heteroatoms. The number of nitrogens with zero attached hydrogens (tertiary/aromatic N) is 3. The number of H-pyrrole nitrogens is 1. The molecule has 0 saturated carbocycles. The molecule has 2 N–H and O–H groups in total. The van der Waals surface area contributed by atoms with Gasteiger partial charge in [-0.2, -0.15) is 0 Å². The molecule has 1 rings (SSSR count). The van der Waals surface area contributed by atoms with Gasteiger partial charge in [0.2, 0.25) is 5.82 Å². The van der Waals surface area contributed by atoms with Gasteiger partial charge in [-0.3, -0.25) is 9.89 Å². The van der Waals surface area contributed by atoms with Crippen LogP contribution in [-0.4, -0.2) is 50.8 Å². The van der Waals surface area contributed by atoms with Crippen LogP contribution >= 0.6 is 0 Å². The Balaban J connectivity index is 2.64. The number of aromatic nitrogens is 3. The number of amides is 1. The van der Waals surface area contributed by atoms with Crippen molar-refractivity contribution in [2.45, 2.75) is 32.8 Å². The summed E-state index contributed by atoms with van der Waals surface area (Å²) < 4.78 is 0. The van der Waals surface area contributed by atoms with E-state index in [1.807, 2.05) is 6.92 Å². The Morgan fingerprint density at radius 1 is 1.62 bits per heavy atom. The van der Waals surface area contributed by atoms with Crippen molar-refractivity contribution in [3.05, 3.63) is 11.6 Å². The van der Waals surface area contributed by atoms with Crippen LogP contribution in [0.5, 0.6) is 0 Å². The zero-order chi connectivity index (χ0) is 12.1. The second-order valence-electron chi connectivity index (χ2n) is 3.89. The Morgan fingerprint density at radius 3 is 2.88 bits per heavy atom. The predicted molar refractivity (Wildman–Crippen MR) is 59.0 cm³/mol. The Kier molecular flexibility index (Phi) is 4.42. The van der Waals surface area contributed by atoms with Gasteiger partial charge in [-0.25, -0.2) is 4.98 Å². The van der Waals surface area contributed by atoms with Gasteiger partial charge < -0.3 is 10.0 Å². The summed E-state index contributed by atoms with van der Waals surface area (Å²) in [5, 5.41) is 15.7. The summed E-state index contributed by atoms with van der Waals surface area (Å²) >= 11 is 0. The van der Waals surface area contributed by atoms with Crippen LogP contribution in [0.1, 0.15) is 36.7 Å². The number of rotatable bonds is 5. The molecule has 1 amide bonds. The predicted octanol–water partition coefficient (Wildman–Crippen LogP) is 0.210. The number of aliphatic hydroxyl groups is 1. The molecule has 1 heterocycles. The van der Waals surface area contributed by atoms with Gasteiger partial charge in [-0.05, 0) is 13.3 Å². The molecule has 1 unspecified atom stereocenters. The van der Waals surface area contributed by atoms with E-state index in [1.165, 1.54) is 4.90 Å². The van der Waals surface area contributed by atoms with Gasteiger partial charge in [-0.15, -0.1) is 5.10 Å². The standard InChI is InChI=1S/C10H18N4O2/c1-4-5-8-11-9(13-12-8)10(16)14(3)6-7(2)15/h7,15H,4-6H2,1-3H3,(H,11,12,13). The third-order valence-corrected chi connectivity index (χ3v) is 2.09. The van der Waals surface area contributed by atoms with E-state index in [4.69, 9.17) is 5.11 Å². The molecule has 0 aliphatic carbocycles. The second-order valence-corrected chi connectivity index (χ2v) is 3.89. The van der Waals surface area contributed by atoms with Crippen LogP contribution in [0.15, 0.2) is 0 Å². The van der Waals surface area contributed by atoms with Gasteiger partial charge in [0.15, 0.2) is 0 Å².